The Morgan fingerprint density at radius 2 is 1.07 bits per heavy atom. The van der Waals surface area contributed by atoms with E-state index in [1.165, 1.54) is 25.0 Å². The maximum absolute atomic E-state index is 12.2. The van der Waals surface area contributed by atoms with Crippen LogP contribution < -0.4 is 0 Å². The molecule has 0 aromatic heterocycles. The third-order valence-electron chi connectivity index (χ3n) is 21.1. The van der Waals surface area contributed by atoms with Crippen molar-refractivity contribution < 1.29 is 109 Å². The van der Waals surface area contributed by atoms with Crippen LogP contribution in [0.3, 0.4) is 0 Å². The lowest BCUT2D eigenvalue weighted by Gasteiger charge is -2.69. The van der Waals surface area contributed by atoms with Crippen molar-refractivity contribution in [1.82, 2.24) is 0 Å². The van der Waals surface area contributed by atoms with Gasteiger partial charge in [0.15, 0.2) is 25.2 Å². The van der Waals surface area contributed by atoms with Crippen LogP contribution in [-0.2, 0) is 37.9 Å². The van der Waals surface area contributed by atoms with Crippen LogP contribution in [0.15, 0.2) is 23.3 Å². The Balaban J connectivity index is 1.01. The zero-order chi connectivity index (χ0) is 55.6. The molecule has 5 aliphatic carbocycles. The largest absolute Gasteiger partial charge is 0.396 e. The summed E-state index contributed by atoms with van der Waals surface area (Å²) < 4.78 is 49.2. The molecule has 4 heterocycles. The van der Waals surface area contributed by atoms with Gasteiger partial charge >= 0.3 is 0 Å². The van der Waals surface area contributed by atoms with Gasteiger partial charge in [-0.1, -0.05) is 64.8 Å². The molecule has 0 aromatic carbocycles. The summed E-state index contributed by atoms with van der Waals surface area (Å²) in [5, 5.41) is 155. The van der Waals surface area contributed by atoms with E-state index in [1.54, 1.807) is 0 Å². The Labute approximate surface area is 444 Å². The van der Waals surface area contributed by atoms with Gasteiger partial charge in [-0.2, -0.15) is 0 Å². The zero-order valence-corrected chi connectivity index (χ0v) is 45.0. The van der Waals surface area contributed by atoms with Gasteiger partial charge in [0, 0.05) is 16.2 Å². The van der Waals surface area contributed by atoms with Crippen molar-refractivity contribution in [2.75, 3.05) is 26.4 Å². The molecule has 29 atom stereocenters. The Morgan fingerprint density at radius 1 is 0.500 bits per heavy atom. The summed E-state index contributed by atoms with van der Waals surface area (Å²) in [6.07, 6.45) is -24.8. The lowest BCUT2D eigenvalue weighted by Crippen LogP contribution is -2.68. The number of fused-ring (bicyclic) bond motifs is 7. The van der Waals surface area contributed by atoms with Gasteiger partial charge in [-0.15, -0.1) is 0 Å². The van der Waals surface area contributed by atoms with Crippen molar-refractivity contribution in [3.05, 3.63) is 23.3 Å². The molecule has 4 saturated carbocycles. The normalized spacial score (nSPS) is 55.3. The summed E-state index contributed by atoms with van der Waals surface area (Å²) in [6.45, 7) is 14.2. The van der Waals surface area contributed by atoms with Crippen molar-refractivity contribution in [2.24, 2.45) is 44.3 Å². The second-order valence-electron chi connectivity index (χ2n) is 25.8. The van der Waals surface area contributed by atoms with Gasteiger partial charge in [0.1, 0.15) is 85.5 Å². The summed E-state index contributed by atoms with van der Waals surface area (Å²) in [6, 6.07) is 0. The average molecular weight is 1090 g/mol. The fraction of sp³-hybridized carbons (Fsp3) is 0.926. The van der Waals surface area contributed by atoms with Crippen molar-refractivity contribution >= 4 is 0 Å². The monoisotopic (exact) mass is 1090 g/mol. The minimum Gasteiger partial charge on any atom is -0.396 e. The second kappa shape index (κ2) is 21.4. The molecule has 0 radical (unpaired) electrons. The molecule has 0 spiro atoms. The molecule has 22 heteroatoms. The highest BCUT2D eigenvalue weighted by Gasteiger charge is 2.69. The number of aliphatic hydroxyl groups excluding tert-OH is 14. The van der Waals surface area contributed by atoms with E-state index in [0.29, 0.717) is 25.7 Å². The number of aliphatic hydroxyl groups is 14. The van der Waals surface area contributed by atoms with Crippen LogP contribution in [0, 0.1) is 44.3 Å². The molecular formula is C54H88O22. The van der Waals surface area contributed by atoms with Crippen LogP contribution in [0.4, 0.5) is 0 Å². The molecule has 436 valence electrons. The molecule has 0 amide bonds. The lowest BCUT2D eigenvalue weighted by atomic mass is 9.35. The highest BCUT2D eigenvalue weighted by atomic mass is 16.8. The molecule has 0 unspecified atom stereocenters. The number of hydrogen-bond donors (Lipinski definition) is 14. The molecule has 76 heavy (non-hydrogen) atoms. The first-order valence-corrected chi connectivity index (χ1v) is 27.5. The van der Waals surface area contributed by atoms with Gasteiger partial charge < -0.3 is 109 Å². The fourth-order valence-electron chi connectivity index (χ4n) is 15.9. The van der Waals surface area contributed by atoms with E-state index in [9.17, 15) is 71.5 Å². The second-order valence-corrected chi connectivity index (χ2v) is 25.8. The summed E-state index contributed by atoms with van der Waals surface area (Å²) >= 11 is 0. The number of rotatable bonds is 12. The molecule has 9 aliphatic rings. The van der Waals surface area contributed by atoms with Crippen LogP contribution in [0.5, 0.6) is 0 Å². The maximum Gasteiger partial charge on any atom is 0.187 e. The third kappa shape index (κ3) is 9.34. The van der Waals surface area contributed by atoms with Crippen LogP contribution in [0.2, 0.25) is 0 Å². The summed E-state index contributed by atoms with van der Waals surface area (Å²) in [4.78, 5) is 0. The summed E-state index contributed by atoms with van der Waals surface area (Å²) in [7, 11) is 0. The first-order chi connectivity index (χ1) is 35.6. The minimum absolute atomic E-state index is 0.00261. The van der Waals surface area contributed by atoms with E-state index in [0.717, 1.165) is 25.7 Å². The lowest BCUT2D eigenvalue weighted by molar-refractivity contribution is -0.402. The predicted molar refractivity (Wildman–Crippen MR) is 263 cm³/mol. The Kier molecular flexibility index (Phi) is 16.7. The smallest absolute Gasteiger partial charge is 0.187 e. The van der Waals surface area contributed by atoms with Gasteiger partial charge in [0.2, 0.25) is 0 Å². The quantitative estimate of drug-likeness (QED) is 0.0975. The summed E-state index contributed by atoms with van der Waals surface area (Å²) in [5.74, 6) is -0.185. The summed E-state index contributed by atoms with van der Waals surface area (Å²) in [5.41, 5.74) is -0.341. The molecule has 4 aliphatic heterocycles. The van der Waals surface area contributed by atoms with Gasteiger partial charge in [0.25, 0.3) is 0 Å². The molecule has 0 aromatic rings. The van der Waals surface area contributed by atoms with E-state index < -0.39 is 170 Å². The standard InChI is InChI=1S/C54H88O22/c1-23-33(60)36(63)39(66)45(69-23)74-42-28(20-56)72-47(41(68)38(42)65)75-43-34(61)24(2)70-48(44(43)76-46-40(67)37(64)35(62)27(19-55)71-46)73-32-12-13-50(5)29(51(32,6)21-57)11-14-52(7)30(50)10-9-25-26-17-49(3,4)15-16-54(26,22-58)31(59)18-53(25,52)8/h9-10,23-24,26-29,31-48,55-68H,11-22H2,1-8H3/t23-,24+,26-,27+,28+,29+,31-,32-,33-,34-,35+,36+,37-,38+,39+,40+,41+,42+,43-,44+,45-,46-,47-,48-,50-,51-,52+,53+,54+/m0/s1. The van der Waals surface area contributed by atoms with Crippen molar-refractivity contribution in [3.63, 3.8) is 0 Å². The van der Waals surface area contributed by atoms with E-state index >= 15 is 0 Å². The van der Waals surface area contributed by atoms with Crippen LogP contribution in [-0.4, -0.2) is 233 Å². The van der Waals surface area contributed by atoms with Crippen LogP contribution >= 0.6 is 0 Å². The SMILES string of the molecule is C[C@@H]1O[C@@H](O[C@H]2[C@H](O)[C@@H](O)[C@H](O[C@H]3[C@@H](O)[C@@H](C)O[C@@H](O[C@H]4CC[C@]5(C)C6=CC=C7[C@@H]8CC(C)(C)CC[C@]8(CO)[C@@H](O)C[C@@]7(C)[C@]6(C)CC[C@H]5[C@]4(C)CO)[C@@H]3O[C@@H]3O[C@H](CO)[C@@H](O)[C@H](O)[C@H]3O)O[C@@H]2CO)[C@H](O)[C@H](O)[C@H]1O. The molecule has 22 nitrogen and oxygen atoms in total. The Bertz CT molecular complexity index is 2110. The zero-order valence-electron chi connectivity index (χ0n) is 45.0. The number of allylic oxidation sites excluding steroid dienone is 4. The van der Waals surface area contributed by atoms with Crippen LogP contribution in [0.1, 0.15) is 107 Å². The van der Waals surface area contributed by atoms with Crippen LogP contribution in [0.25, 0.3) is 0 Å². The fourth-order valence-corrected chi connectivity index (χ4v) is 15.9. The molecular weight excluding hydrogens is 1000 g/mol. The van der Waals surface area contributed by atoms with E-state index in [4.69, 9.17) is 37.9 Å². The van der Waals surface area contributed by atoms with E-state index in [-0.39, 0.29) is 35.9 Å². The van der Waals surface area contributed by atoms with Crippen molar-refractivity contribution in [3.8, 4) is 0 Å². The number of hydrogen-bond acceptors (Lipinski definition) is 22. The van der Waals surface area contributed by atoms with E-state index in [2.05, 4.69) is 46.8 Å². The highest BCUT2D eigenvalue weighted by Crippen LogP contribution is 2.75. The van der Waals surface area contributed by atoms with Crippen molar-refractivity contribution in [2.45, 2.75) is 242 Å². The maximum atomic E-state index is 12.2. The molecule has 8 fully saturated rings. The van der Waals surface area contributed by atoms with Crippen molar-refractivity contribution in [1.29, 1.82) is 0 Å². The first kappa shape index (κ1) is 59.2. The van der Waals surface area contributed by atoms with Gasteiger partial charge in [-0.3, -0.25) is 0 Å². The molecule has 4 saturated heterocycles. The molecule has 0 bridgehead atoms. The third-order valence-corrected chi connectivity index (χ3v) is 21.1. The Hall–Kier alpha value is -1.40. The first-order valence-electron chi connectivity index (χ1n) is 27.5. The van der Waals surface area contributed by atoms with E-state index in [1.807, 2.05) is 6.92 Å². The molecule has 9 rings (SSSR count). The van der Waals surface area contributed by atoms with Gasteiger partial charge in [-0.05, 0) is 93.3 Å². The Morgan fingerprint density at radius 3 is 1.70 bits per heavy atom. The minimum atomic E-state index is -2.02. The topological polar surface area (TPSA) is 357 Å². The molecule has 14 N–H and O–H groups in total. The van der Waals surface area contributed by atoms with Gasteiger partial charge in [-0.25, -0.2) is 0 Å². The number of ether oxygens (including phenoxy) is 8. The van der Waals surface area contributed by atoms with Gasteiger partial charge in [0.05, 0.1) is 50.8 Å². The average Bonchev–Trinajstić information content (AvgIpc) is 3.57. The highest BCUT2D eigenvalue weighted by molar-refractivity contribution is 5.46. The predicted octanol–water partition coefficient (Wildman–Crippen LogP) is -1.64.